The summed E-state index contributed by atoms with van der Waals surface area (Å²) in [5, 5.41) is 8.44. The van der Waals surface area contributed by atoms with E-state index in [0.717, 1.165) is 37.8 Å². The van der Waals surface area contributed by atoms with E-state index in [2.05, 4.69) is 0 Å². The molecule has 3 nitrogen and oxygen atoms in total. The van der Waals surface area contributed by atoms with Crippen molar-refractivity contribution in [2.45, 2.75) is 38.5 Å². The van der Waals surface area contributed by atoms with Crippen molar-refractivity contribution >= 4 is 5.97 Å². The van der Waals surface area contributed by atoms with Crippen molar-refractivity contribution in [3.8, 4) is 5.75 Å². The highest BCUT2D eigenvalue weighted by Gasteiger charge is 2.04. The Morgan fingerprint density at radius 2 is 1.79 bits per heavy atom. The molecular formula is C14H18F2O3. The van der Waals surface area contributed by atoms with Crippen LogP contribution >= 0.6 is 0 Å². The van der Waals surface area contributed by atoms with E-state index in [1.165, 1.54) is 6.07 Å². The lowest BCUT2D eigenvalue weighted by Crippen LogP contribution is -1.99. The molecule has 0 atom stereocenters. The molecule has 0 aromatic heterocycles. The Morgan fingerprint density at radius 3 is 2.47 bits per heavy atom. The molecular weight excluding hydrogens is 254 g/mol. The monoisotopic (exact) mass is 272 g/mol. The van der Waals surface area contributed by atoms with Crippen molar-refractivity contribution in [3.63, 3.8) is 0 Å². The number of aliphatic carboxylic acids is 1. The van der Waals surface area contributed by atoms with Gasteiger partial charge >= 0.3 is 5.97 Å². The van der Waals surface area contributed by atoms with E-state index in [1.807, 2.05) is 0 Å². The maximum Gasteiger partial charge on any atom is 0.303 e. The van der Waals surface area contributed by atoms with Crippen molar-refractivity contribution in [1.29, 1.82) is 0 Å². The first-order chi connectivity index (χ1) is 9.09. The normalized spacial score (nSPS) is 10.4. The fourth-order valence-corrected chi connectivity index (χ4v) is 1.68. The summed E-state index contributed by atoms with van der Waals surface area (Å²) in [4.78, 5) is 10.3. The number of carbonyl (C=O) groups is 1. The van der Waals surface area contributed by atoms with E-state index in [-0.39, 0.29) is 12.2 Å². The molecule has 0 fully saturated rings. The average molecular weight is 272 g/mol. The summed E-state index contributed by atoms with van der Waals surface area (Å²) in [6.07, 6.45) is 4.37. The SMILES string of the molecule is O=C(O)CCCCCCCOc1ccc(F)cc1F. The molecule has 0 heterocycles. The Hall–Kier alpha value is -1.65. The topological polar surface area (TPSA) is 46.5 Å². The maximum absolute atomic E-state index is 13.2. The second kappa shape index (κ2) is 8.45. The van der Waals surface area contributed by atoms with Crippen molar-refractivity contribution in [2.75, 3.05) is 6.61 Å². The third-order valence-corrected chi connectivity index (χ3v) is 2.69. The predicted octanol–water partition coefficient (Wildman–Crippen LogP) is 3.77. The van der Waals surface area contributed by atoms with Gasteiger partial charge in [-0.15, -0.1) is 0 Å². The molecule has 19 heavy (non-hydrogen) atoms. The molecule has 1 aromatic rings. The summed E-state index contributed by atoms with van der Waals surface area (Å²) in [5.41, 5.74) is 0. The Bertz CT molecular complexity index is 408. The lowest BCUT2D eigenvalue weighted by atomic mass is 10.1. The third-order valence-electron chi connectivity index (χ3n) is 2.69. The van der Waals surface area contributed by atoms with Crippen LogP contribution in [0.4, 0.5) is 8.78 Å². The largest absolute Gasteiger partial charge is 0.491 e. The molecule has 5 heteroatoms. The van der Waals surface area contributed by atoms with Crippen LogP contribution in [0, 0.1) is 11.6 Å². The molecule has 0 saturated heterocycles. The highest BCUT2D eigenvalue weighted by Crippen LogP contribution is 2.18. The molecule has 1 N–H and O–H groups in total. The number of halogens is 2. The van der Waals surface area contributed by atoms with E-state index in [4.69, 9.17) is 9.84 Å². The van der Waals surface area contributed by atoms with Crippen molar-refractivity contribution in [1.82, 2.24) is 0 Å². The molecule has 0 aliphatic rings. The van der Waals surface area contributed by atoms with Gasteiger partial charge < -0.3 is 9.84 Å². The van der Waals surface area contributed by atoms with Crippen LogP contribution in [-0.2, 0) is 4.79 Å². The fraction of sp³-hybridized carbons (Fsp3) is 0.500. The van der Waals surface area contributed by atoms with Crippen LogP contribution in [0.15, 0.2) is 18.2 Å². The Labute approximate surface area is 111 Å². The second-order valence-corrected chi connectivity index (χ2v) is 4.33. The molecule has 1 aromatic carbocycles. The highest BCUT2D eigenvalue weighted by molar-refractivity contribution is 5.66. The van der Waals surface area contributed by atoms with Crippen LogP contribution in [0.25, 0.3) is 0 Å². The molecule has 0 radical (unpaired) electrons. The number of hydrogen-bond acceptors (Lipinski definition) is 2. The van der Waals surface area contributed by atoms with Gasteiger partial charge in [0.05, 0.1) is 6.61 Å². The van der Waals surface area contributed by atoms with Crippen LogP contribution in [-0.4, -0.2) is 17.7 Å². The molecule has 0 unspecified atom stereocenters. The molecule has 0 aliphatic heterocycles. The zero-order valence-electron chi connectivity index (χ0n) is 10.7. The number of ether oxygens (including phenoxy) is 1. The summed E-state index contributed by atoms with van der Waals surface area (Å²) in [6.45, 7) is 0.376. The van der Waals surface area contributed by atoms with Crippen molar-refractivity contribution in [3.05, 3.63) is 29.8 Å². The van der Waals surface area contributed by atoms with E-state index < -0.39 is 17.6 Å². The minimum atomic E-state index is -0.768. The van der Waals surface area contributed by atoms with Gasteiger partial charge in [0.25, 0.3) is 0 Å². The summed E-state index contributed by atoms with van der Waals surface area (Å²) in [7, 11) is 0. The quantitative estimate of drug-likeness (QED) is 0.696. The first-order valence-corrected chi connectivity index (χ1v) is 6.39. The van der Waals surface area contributed by atoms with E-state index in [9.17, 15) is 13.6 Å². The molecule has 0 amide bonds. The van der Waals surface area contributed by atoms with Gasteiger partial charge in [0.1, 0.15) is 5.82 Å². The smallest absolute Gasteiger partial charge is 0.303 e. The minimum Gasteiger partial charge on any atom is -0.491 e. The highest BCUT2D eigenvalue weighted by atomic mass is 19.1. The first-order valence-electron chi connectivity index (χ1n) is 6.39. The summed E-state index contributed by atoms with van der Waals surface area (Å²) in [5.74, 6) is -2.02. The predicted molar refractivity (Wildman–Crippen MR) is 67.2 cm³/mol. The number of hydrogen-bond donors (Lipinski definition) is 1. The number of carboxylic acids is 1. The minimum absolute atomic E-state index is 0.0623. The summed E-state index contributed by atoms with van der Waals surface area (Å²) < 4.78 is 31.0. The molecule has 0 saturated carbocycles. The van der Waals surface area contributed by atoms with Gasteiger partial charge in [0.15, 0.2) is 11.6 Å². The fourth-order valence-electron chi connectivity index (χ4n) is 1.68. The summed E-state index contributed by atoms with van der Waals surface area (Å²) in [6, 6.07) is 3.23. The van der Waals surface area contributed by atoms with Gasteiger partial charge in [0.2, 0.25) is 0 Å². The van der Waals surface area contributed by atoms with Crippen molar-refractivity contribution in [2.24, 2.45) is 0 Å². The van der Waals surface area contributed by atoms with Gasteiger partial charge in [0, 0.05) is 12.5 Å². The Balaban J connectivity index is 2.06. The average Bonchev–Trinajstić information content (AvgIpc) is 2.34. The zero-order valence-corrected chi connectivity index (χ0v) is 10.7. The van der Waals surface area contributed by atoms with Crippen LogP contribution in [0.3, 0.4) is 0 Å². The second-order valence-electron chi connectivity index (χ2n) is 4.33. The lowest BCUT2D eigenvalue weighted by Gasteiger charge is -2.07. The number of benzene rings is 1. The Kier molecular flexibility index (Phi) is 6.85. The molecule has 0 spiro atoms. The van der Waals surface area contributed by atoms with E-state index in [1.54, 1.807) is 0 Å². The maximum atomic E-state index is 13.2. The standard InChI is InChI=1S/C14H18F2O3/c15-11-7-8-13(12(16)10-11)19-9-5-3-1-2-4-6-14(17)18/h7-8,10H,1-6,9H2,(H,17,18). The summed E-state index contributed by atoms with van der Waals surface area (Å²) >= 11 is 0. The number of carboxylic acid groups (broad SMARTS) is 1. The van der Waals surface area contributed by atoms with Crippen molar-refractivity contribution < 1.29 is 23.4 Å². The van der Waals surface area contributed by atoms with Gasteiger partial charge in [-0.25, -0.2) is 8.78 Å². The third kappa shape index (κ3) is 6.74. The van der Waals surface area contributed by atoms with E-state index >= 15 is 0 Å². The van der Waals surface area contributed by atoms with E-state index in [0.29, 0.717) is 13.0 Å². The van der Waals surface area contributed by atoms with Crippen LogP contribution in [0.1, 0.15) is 38.5 Å². The number of rotatable bonds is 9. The lowest BCUT2D eigenvalue weighted by molar-refractivity contribution is -0.137. The molecule has 0 aliphatic carbocycles. The van der Waals surface area contributed by atoms with Gasteiger partial charge in [-0.05, 0) is 25.0 Å². The number of unbranched alkanes of at least 4 members (excludes halogenated alkanes) is 4. The molecule has 0 bridgehead atoms. The van der Waals surface area contributed by atoms with Gasteiger partial charge in [-0.2, -0.15) is 0 Å². The first kappa shape index (κ1) is 15.4. The Morgan fingerprint density at radius 1 is 1.11 bits per heavy atom. The van der Waals surface area contributed by atoms with Crippen LogP contribution in [0.5, 0.6) is 5.75 Å². The van der Waals surface area contributed by atoms with Gasteiger partial charge in [-0.3, -0.25) is 4.79 Å². The van der Waals surface area contributed by atoms with Crippen LogP contribution in [0.2, 0.25) is 0 Å². The molecule has 1 rings (SSSR count). The molecule has 106 valence electrons. The van der Waals surface area contributed by atoms with Gasteiger partial charge in [-0.1, -0.05) is 19.3 Å². The zero-order chi connectivity index (χ0) is 14.1. The van der Waals surface area contributed by atoms with Crippen LogP contribution < -0.4 is 4.74 Å².